The van der Waals surface area contributed by atoms with E-state index in [9.17, 15) is 15.3 Å². The van der Waals surface area contributed by atoms with Crippen LogP contribution in [-0.4, -0.2) is 52.1 Å². The third-order valence-electron chi connectivity index (χ3n) is 5.87. The van der Waals surface area contributed by atoms with Gasteiger partial charge in [0.1, 0.15) is 17.2 Å². The molecule has 0 atom stereocenters. The first kappa shape index (κ1) is 26.0. The normalized spacial score (nSPS) is 20.6. The summed E-state index contributed by atoms with van der Waals surface area (Å²) in [5.41, 5.74) is 1.59. The third-order valence-corrected chi connectivity index (χ3v) is 6.58. The molecule has 3 aromatic rings. The van der Waals surface area contributed by atoms with Gasteiger partial charge in [-0.15, -0.1) is 0 Å². The van der Waals surface area contributed by atoms with Crippen molar-refractivity contribution in [1.82, 2.24) is 0 Å². The highest BCUT2D eigenvalue weighted by atomic mass is 35.5. The summed E-state index contributed by atoms with van der Waals surface area (Å²) in [5, 5.41) is 31.9. The topological polar surface area (TPSA) is 97.8 Å². The van der Waals surface area contributed by atoms with Crippen molar-refractivity contribution >= 4 is 53.4 Å². The molecule has 0 bridgehead atoms. The first-order valence-corrected chi connectivity index (χ1v) is 12.5. The molecule has 1 fully saturated rings. The standard InChI is InChI=1S/C27H24Cl3N3O3/c28-19-1-4-25(34)16(7-19)13-31-22-10-23(32-14-17-8-20(29)2-5-26(17)35)12-24(11-22)33-15-18-9-21(30)3-6-27(18)36/h1-9,13-15,22-24,34-36H,10-12H2. The first-order valence-electron chi connectivity index (χ1n) is 11.3. The van der Waals surface area contributed by atoms with E-state index >= 15 is 0 Å². The van der Waals surface area contributed by atoms with Gasteiger partial charge >= 0.3 is 0 Å². The number of halogens is 3. The average molecular weight is 545 g/mol. The number of hydrogen-bond acceptors (Lipinski definition) is 6. The van der Waals surface area contributed by atoms with Gasteiger partial charge in [0.2, 0.25) is 0 Å². The number of phenols is 3. The van der Waals surface area contributed by atoms with E-state index in [4.69, 9.17) is 49.8 Å². The lowest BCUT2D eigenvalue weighted by Crippen LogP contribution is -2.30. The molecule has 1 aliphatic carbocycles. The van der Waals surface area contributed by atoms with Gasteiger partial charge in [-0.2, -0.15) is 0 Å². The molecule has 0 radical (unpaired) electrons. The molecular formula is C27H24Cl3N3O3. The monoisotopic (exact) mass is 543 g/mol. The second-order valence-electron chi connectivity index (χ2n) is 8.61. The second kappa shape index (κ2) is 11.8. The summed E-state index contributed by atoms with van der Waals surface area (Å²) in [6.45, 7) is 0. The van der Waals surface area contributed by atoms with Crippen LogP contribution in [0.3, 0.4) is 0 Å². The minimum Gasteiger partial charge on any atom is -0.507 e. The molecular weight excluding hydrogens is 521 g/mol. The Kier molecular flexibility index (Phi) is 8.52. The number of aliphatic imine (C=N–C) groups is 3. The fraction of sp³-hybridized carbons (Fsp3) is 0.222. The molecule has 9 heteroatoms. The van der Waals surface area contributed by atoms with E-state index in [1.165, 1.54) is 18.2 Å². The van der Waals surface area contributed by atoms with Crippen LogP contribution in [-0.2, 0) is 0 Å². The predicted molar refractivity (Wildman–Crippen MR) is 147 cm³/mol. The fourth-order valence-electron chi connectivity index (χ4n) is 4.04. The Morgan fingerprint density at radius 1 is 0.528 bits per heavy atom. The lowest BCUT2D eigenvalue weighted by atomic mass is 9.88. The lowest BCUT2D eigenvalue weighted by Gasteiger charge is -2.29. The Balaban J connectivity index is 1.57. The molecule has 3 N–H and O–H groups in total. The summed E-state index contributed by atoms with van der Waals surface area (Å²) in [6.07, 6.45) is 6.82. The zero-order valence-corrected chi connectivity index (χ0v) is 21.4. The Morgan fingerprint density at radius 3 is 1.08 bits per heavy atom. The molecule has 186 valence electrons. The maximum Gasteiger partial charge on any atom is 0.124 e. The van der Waals surface area contributed by atoms with Crippen LogP contribution in [0.1, 0.15) is 36.0 Å². The van der Waals surface area contributed by atoms with Gasteiger partial charge in [0, 0.05) is 50.4 Å². The van der Waals surface area contributed by atoms with E-state index in [0.29, 0.717) is 51.0 Å². The summed E-state index contributed by atoms with van der Waals surface area (Å²) in [6, 6.07) is 14.0. The van der Waals surface area contributed by atoms with Gasteiger partial charge in [-0.25, -0.2) is 0 Å². The molecule has 0 saturated heterocycles. The van der Waals surface area contributed by atoms with Crippen molar-refractivity contribution in [2.45, 2.75) is 37.4 Å². The van der Waals surface area contributed by atoms with Gasteiger partial charge < -0.3 is 15.3 Å². The van der Waals surface area contributed by atoms with Crippen LogP contribution in [0.15, 0.2) is 69.6 Å². The molecule has 0 amide bonds. The molecule has 1 aliphatic rings. The highest BCUT2D eigenvalue weighted by Crippen LogP contribution is 2.29. The molecule has 3 aromatic carbocycles. The molecule has 4 rings (SSSR count). The molecule has 0 aliphatic heterocycles. The van der Waals surface area contributed by atoms with Gasteiger partial charge in [0.05, 0.1) is 18.1 Å². The maximum atomic E-state index is 10.1. The zero-order chi connectivity index (χ0) is 25.7. The lowest BCUT2D eigenvalue weighted by molar-refractivity contribution is 0.358. The van der Waals surface area contributed by atoms with Crippen LogP contribution in [0, 0.1) is 0 Å². The zero-order valence-electron chi connectivity index (χ0n) is 19.1. The number of benzene rings is 3. The number of rotatable bonds is 6. The number of aromatic hydroxyl groups is 3. The third kappa shape index (κ3) is 7.00. The Labute approximate surface area is 224 Å². The highest BCUT2D eigenvalue weighted by Gasteiger charge is 2.28. The van der Waals surface area contributed by atoms with E-state index in [0.717, 1.165) is 0 Å². The van der Waals surface area contributed by atoms with Gasteiger partial charge in [-0.3, -0.25) is 15.0 Å². The molecule has 0 heterocycles. The van der Waals surface area contributed by atoms with Gasteiger partial charge in [0.25, 0.3) is 0 Å². The number of phenolic OH excluding ortho intramolecular Hbond substituents is 3. The Hall–Kier alpha value is -3.06. The molecule has 0 aromatic heterocycles. The predicted octanol–water partition coefficient (Wildman–Crippen LogP) is 6.71. The van der Waals surface area contributed by atoms with E-state index < -0.39 is 0 Å². The smallest absolute Gasteiger partial charge is 0.124 e. The summed E-state index contributed by atoms with van der Waals surface area (Å²) >= 11 is 18.2. The average Bonchev–Trinajstić information content (AvgIpc) is 2.85. The van der Waals surface area contributed by atoms with Crippen molar-refractivity contribution < 1.29 is 15.3 Å². The maximum absolute atomic E-state index is 10.1. The van der Waals surface area contributed by atoms with Crippen molar-refractivity contribution in [2.75, 3.05) is 0 Å². The number of nitrogens with zero attached hydrogens (tertiary/aromatic N) is 3. The van der Waals surface area contributed by atoms with Crippen LogP contribution in [0.2, 0.25) is 15.1 Å². The first-order chi connectivity index (χ1) is 17.3. The molecule has 0 unspecified atom stereocenters. The molecule has 1 saturated carbocycles. The van der Waals surface area contributed by atoms with Crippen LogP contribution < -0.4 is 0 Å². The van der Waals surface area contributed by atoms with Crippen LogP contribution >= 0.6 is 34.8 Å². The van der Waals surface area contributed by atoms with E-state index in [1.54, 1.807) is 55.0 Å². The van der Waals surface area contributed by atoms with Crippen molar-refractivity contribution in [3.63, 3.8) is 0 Å². The largest absolute Gasteiger partial charge is 0.507 e. The summed E-state index contributed by atoms with van der Waals surface area (Å²) in [7, 11) is 0. The van der Waals surface area contributed by atoms with Crippen molar-refractivity contribution in [3.05, 3.63) is 86.4 Å². The summed E-state index contributed by atoms with van der Waals surface area (Å²) in [4.78, 5) is 14.1. The van der Waals surface area contributed by atoms with Crippen LogP contribution in [0.4, 0.5) is 0 Å². The van der Waals surface area contributed by atoms with Gasteiger partial charge in [-0.1, -0.05) is 34.8 Å². The minimum absolute atomic E-state index is 0.0935. The van der Waals surface area contributed by atoms with Crippen LogP contribution in [0.5, 0.6) is 17.2 Å². The highest BCUT2D eigenvalue weighted by molar-refractivity contribution is 6.31. The number of hydrogen-bond donors (Lipinski definition) is 3. The summed E-state index contributed by atoms with van der Waals surface area (Å²) in [5.74, 6) is 0.280. The second-order valence-corrected chi connectivity index (χ2v) is 9.92. The van der Waals surface area contributed by atoms with E-state index in [1.807, 2.05) is 0 Å². The van der Waals surface area contributed by atoms with Crippen LogP contribution in [0.25, 0.3) is 0 Å². The van der Waals surface area contributed by atoms with Crippen molar-refractivity contribution in [3.8, 4) is 17.2 Å². The molecule has 36 heavy (non-hydrogen) atoms. The minimum atomic E-state index is -0.123. The van der Waals surface area contributed by atoms with Crippen molar-refractivity contribution in [2.24, 2.45) is 15.0 Å². The van der Waals surface area contributed by atoms with Gasteiger partial charge in [0.15, 0.2) is 0 Å². The van der Waals surface area contributed by atoms with E-state index in [-0.39, 0.29) is 35.4 Å². The summed E-state index contributed by atoms with van der Waals surface area (Å²) < 4.78 is 0. The van der Waals surface area contributed by atoms with E-state index in [2.05, 4.69) is 0 Å². The van der Waals surface area contributed by atoms with Gasteiger partial charge in [-0.05, 0) is 73.9 Å². The molecule has 0 spiro atoms. The quantitative estimate of drug-likeness (QED) is 0.301. The fourth-order valence-corrected chi connectivity index (χ4v) is 4.58. The Morgan fingerprint density at radius 2 is 0.806 bits per heavy atom. The molecule has 6 nitrogen and oxygen atoms in total. The SMILES string of the molecule is Oc1ccc(Cl)cc1C=NC1CC(N=Cc2cc(Cl)ccc2O)CC(N=Cc2cc(Cl)ccc2O)C1. The Bertz CT molecular complexity index is 1160. The van der Waals surface area contributed by atoms with Crippen molar-refractivity contribution in [1.29, 1.82) is 0 Å².